The van der Waals surface area contributed by atoms with Crippen molar-refractivity contribution in [3.63, 3.8) is 0 Å². The highest BCUT2D eigenvalue weighted by Crippen LogP contribution is 2.33. The maximum atomic E-state index is 12.2. The van der Waals surface area contributed by atoms with Crippen LogP contribution in [0, 0.1) is 5.92 Å². The molecule has 0 saturated carbocycles. The first-order valence-corrected chi connectivity index (χ1v) is 7.28. The Kier molecular flexibility index (Phi) is 3.87. The van der Waals surface area contributed by atoms with Crippen LogP contribution in [0.15, 0.2) is 18.5 Å². The number of fused-ring (bicyclic) bond motifs is 2. The summed E-state index contributed by atoms with van der Waals surface area (Å²) in [5.74, 6) is 1.21. The Hall–Kier alpha value is -1.62. The Morgan fingerprint density at radius 3 is 2.90 bits per heavy atom. The molecular formula is C15H21N3O2. The fraction of sp³-hybridized carbons (Fsp3) is 0.600. The quantitative estimate of drug-likeness (QED) is 0.881. The lowest BCUT2D eigenvalue weighted by Crippen LogP contribution is -2.39. The average Bonchev–Trinajstić information content (AvgIpc) is 2.78. The van der Waals surface area contributed by atoms with E-state index in [1.807, 2.05) is 0 Å². The summed E-state index contributed by atoms with van der Waals surface area (Å²) in [5.41, 5.74) is 0.650. The number of nitrogens with one attached hydrogen (secondary N) is 2. The molecule has 2 atom stereocenters. The molecule has 0 radical (unpaired) electrons. The third-order valence-electron chi connectivity index (χ3n) is 4.32. The van der Waals surface area contributed by atoms with Gasteiger partial charge in [0.15, 0.2) is 0 Å². The molecule has 5 heteroatoms. The van der Waals surface area contributed by atoms with Gasteiger partial charge in [0.05, 0.1) is 13.3 Å². The van der Waals surface area contributed by atoms with Crippen LogP contribution in [0.2, 0.25) is 0 Å². The van der Waals surface area contributed by atoms with Crippen LogP contribution < -0.4 is 15.4 Å². The zero-order chi connectivity index (χ0) is 13.9. The highest BCUT2D eigenvalue weighted by Gasteiger charge is 2.34. The van der Waals surface area contributed by atoms with Crippen molar-refractivity contribution in [3.8, 4) is 5.75 Å². The number of aromatic nitrogens is 1. The smallest absolute Gasteiger partial charge is 0.224 e. The van der Waals surface area contributed by atoms with E-state index < -0.39 is 0 Å². The zero-order valence-corrected chi connectivity index (χ0v) is 11.8. The number of amides is 1. The molecule has 1 aromatic rings. The third kappa shape index (κ3) is 2.93. The van der Waals surface area contributed by atoms with Crippen molar-refractivity contribution in [2.45, 2.75) is 44.2 Å². The second-order valence-corrected chi connectivity index (χ2v) is 5.80. The largest absolute Gasteiger partial charge is 0.494 e. The number of hydrogen-bond acceptors (Lipinski definition) is 4. The molecule has 2 fully saturated rings. The molecule has 2 N–H and O–H groups in total. The number of methoxy groups -OCH3 is 1. The molecule has 0 aliphatic carbocycles. The molecule has 2 aliphatic heterocycles. The van der Waals surface area contributed by atoms with Gasteiger partial charge >= 0.3 is 0 Å². The zero-order valence-electron chi connectivity index (χ0n) is 11.8. The average molecular weight is 275 g/mol. The minimum Gasteiger partial charge on any atom is -0.494 e. The van der Waals surface area contributed by atoms with Gasteiger partial charge in [0.2, 0.25) is 5.91 Å². The van der Waals surface area contributed by atoms with Gasteiger partial charge < -0.3 is 15.4 Å². The molecular weight excluding hydrogens is 254 g/mol. The van der Waals surface area contributed by atoms with Crippen LogP contribution >= 0.6 is 0 Å². The lowest BCUT2D eigenvalue weighted by atomic mass is 9.89. The van der Waals surface area contributed by atoms with Crippen molar-refractivity contribution < 1.29 is 9.53 Å². The van der Waals surface area contributed by atoms with Crippen LogP contribution in [-0.4, -0.2) is 30.1 Å². The number of nitrogens with zero attached hydrogens (tertiary/aromatic N) is 1. The second-order valence-electron chi connectivity index (χ2n) is 5.80. The Balaban J connectivity index is 1.57. The number of ether oxygens (including phenoxy) is 1. The maximum Gasteiger partial charge on any atom is 0.224 e. The Morgan fingerprint density at radius 1 is 1.45 bits per heavy atom. The number of carbonyl (C=O) groups excluding carboxylic acids is 1. The van der Waals surface area contributed by atoms with E-state index in [0.717, 1.165) is 12.8 Å². The van der Waals surface area contributed by atoms with Crippen molar-refractivity contribution in [2.75, 3.05) is 12.4 Å². The molecule has 3 rings (SSSR count). The summed E-state index contributed by atoms with van der Waals surface area (Å²) in [6, 6.07) is 3.00. The lowest BCUT2D eigenvalue weighted by Gasteiger charge is -2.28. The van der Waals surface area contributed by atoms with Crippen molar-refractivity contribution in [2.24, 2.45) is 5.92 Å². The molecule has 3 heterocycles. The van der Waals surface area contributed by atoms with Crippen molar-refractivity contribution in [1.29, 1.82) is 0 Å². The summed E-state index contributed by atoms with van der Waals surface area (Å²) in [4.78, 5) is 16.2. The number of hydrogen-bond donors (Lipinski definition) is 2. The summed E-state index contributed by atoms with van der Waals surface area (Å²) >= 11 is 0. The number of carbonyl (C=O) groups is 1. The van der Waals surface area contributed by atoms with Gasteiger partial charge in [0, 0.05) is 30.8 Å². The molecule has 5 nitrogen and oxygen atoms in total. The number of rotatable bonds is 4. The lowest BCUT2D eigenvalue weighted by molar-refractivity contribution is -0.117. The Morgan fingerprint density at radius 2 is 2.20 bits per heavy atom. The van der Waals surface area contributed by atoms with Gasteiger partial charge in [-0.05, 0) is 31.6 Å². The van der Waals surface area contributed by atoms with Gasteiger partial charge in [0.25, 0.3) is 0 Å². The number of pyridine rings is 1. The van der Waals surface area contributed by atoms with Gasteiger partial charge in [-0.1, -0.05) is 0 Å². The predicted octanol–water partition coefficient (Wildman–Crippen LogP) is 1.95. The summed E-state index contributed by atoms with van der Waals surface area (Å²) < 4.78 is 5.22. The first-order chi connectivity index (χ1) is 9.74. The van der Waals surface area contributed by atoms with Gasteiger partial charge in [0.1, 0.15) is 11.4 Å². The highest BCUT2D eigenvalue weighted by molar-refractivity contribution is 5.92. The van der Waals surface area contributed by atoms with Crippen LogP contribution in [0.1, 0.15) is 32.1 Å². The van der Waals surface area contributed by atoms with E-state index in [1.54, 1.807) is 25.6 Å². The number of piperidine rings is 1. The van der Waals surface area contributed by atoms with E-state index in [-0.39, 0.29) is 5.91 Å². The standard InChI is InChI=1S/C15H21N3O2/c1-20-14-4-5-16-9-13(14)18-15(19)8-10-6-11-2-3-12(7-10)17-11/h4-5,9-12,17H,2-3,6-8H2,1H3,(H,18,19). The number of anilines is 1. The molecule has 1 aromatic heterocycles. The van der Waals surface area contributed by atoms with E-state index in [4.69, 9.17) is 4.74 Å². The predicted molar refractivity (Wildman–Crippen MR) is 76.7 cm³/mol. The fourth-order valence-corrected chi connectivity index (χ4v) is 3.46. The monoisotopic (exact) mass is 275 g/mol. The molecule has 2 aliphatic rings. The van der Waals surface area contributed by atoms with Gasteiger partial charge in [-0.25, -0.2) is 0 Å². The van der Waals surface area contributed by atoms with E-state index in [2.05, 4.69) is 15.6 Å². The highest BCUT2D eigenvalue weighted by atomic mass is 16.5. The first-order valence-electron chi connectivity index (χ1n) is 7.28. The first kappa shape index (κ1) is 13.4. The fourth-order valence-electron chi connectivity index (χ4n) is 3.46. The summed E-state index contributed by atoms with van der Waals surface area (Å²) in [7, 11) is 1.59. The molecule has 1 amide bonds. The molecule has 2 unspecified atom stereocenters. The third-order valence-corrected chi connectivity index (χ3v) is 4.32. The Bertz CT molecular complexity index is 480. The maximum absolute atomic E-state index is 12.2. The van der Waals surface area contributed by atoms with Crippen LogP contribution in [0.3, 0.4) is 0 Å². The van der Waals surface area contributed by atoms with Crippen molar-refractivity contribution in [1.82, 2.24) is 10.3 Å². The summed E-state index contributed by atoms with van der Waals surface area (Å²) in [6.45, 7) is 0. The van der Waals surface area contributed by atoms with Crippen molar-refractivity contribution in [3.05, 3.63) is 18.5 Å². The van der Waals surface area contributed by atoms with E-state index in [1.165, 1.54) is 12.8 Å². The van der Waals surface area contributed by atoms with Gasteiger partial charge in [-0.15, -0.1) is 0 Å². The van der Waals surface area contributed by atoms with Crippen LogP contribution in [0.4, 0.5) is 5.69 Å². The van der Waals surface area contributed by atoms with Gasteiger partial charge in [-0.3, -0.25) is 9.78 Å². The minimum absolute atomic E-state index is 0.0580. The molecule has 2 bridgehead atoms. The second kappa shape index (κ2) is 5.79. The van der Waals surface area contributed by atoms with Crippen LogP contribution in [0.5, 0.6) is 5.75 Å². The van der Waals surface area contributed by atoms with E-state index in [9.17, 15) is 4.79 Å². The van der Waals surface area contributed by atoms with E-state index in [0.29, 0.717) is 35.9 Å². The normalized spacial score (nSPS) is 28.1. The molecule has 0 aromatic carbocycles. The van der Waals surface area contributed by atoms with Crippen LogP contribution in [0.25, 0.3) is 0 Å². The molecule has 108 valence electrons. The summed E-state index contributed by atoms with van der Waals surface area (Å²) in [5, 5.41) is 6.51. The SMILES string of the molecule is COc1ccncc1NC(=O)CC1CC2CCC(C1)N2. The van der Waals surface area contributed by atoms with Gasteiger partial charge in [-0.2, -0.15) is 0 Å². The Labute approximate surface area is 119 Å². The minimum atomic E-state index is 0.0580. The molecule has 20 heavy (non-hydrogen) atoms. The van der Waals surface area contributed by atoms with Crippen LogP contribution in [-0.2, 0) is 4.79 Å². The molecule has 2 saturated heterocycles. The summed E-state index contributed by atoms with van der Waals surface area (Å²) in [6.07, 6.45) is 8.63. The van der Waals surface area contributed by atoms with E-state index >= 15 is 0 Å². The molecule has 0 spiro atoms. The topological polar surface area (TPSA) is 63.2 Å². The van der Waals surface area contributed by atoms with Crippen molar-refractivity contribution >= 4 is 11.6 Å².